The van der Waals surface area contributed by atoms with Crippen LogP contribution < -0.4 is 20.1 Å². The van der Waals surface area contributed by atoms with E-state index in [9.17, 15) is 18.0 Å². The zero-order valence-corrected chi connectivity index (χ0v) is 13.6. The van der Waals surface area contributed by atoms with Gasteiger partial charge in [0.25, 0.3) is 0 Å². The average Bonchev–Trinajstić information content (AvgIpc) is 3.04. The van der Waals surface area contributed by atoms with Gasteiger partial charge in [0, 0.05) is 24.5 Å². The highest BCUT2D eigenvalue weighted by Crippen LogP contribution is 2.29. The minimum absolute atomic E-state index is 0.107. The van der Waals surface area contributed by atoms with Crippen molar-refractivity contribution in [3.05, 3.63) is 36.2 Å². The third-order valence-corrected chi connectivity index (χ3v) is 3.20. The molecule has 0 unspecified atom stereocenters. The number of rotatable bonds is 6. The van der Waals surface area contributed by atoms with Crippen molar-refractivity contribution in [1.29, 1.82) is 0 Å². The molecule has 10 heteroatoms. The predicted molar refractivity (Wildman–Crippen MR) is 83.8 cm³/mol. The van der Waals surface area contributed by atoms with Crippen molar-refractivity contribution >= 4 is 11.7 Å². The number of nitrogens with one attached hydrogen (secondary N) is 2. The molecule has 0 saturated heterocycles. The molecule has 0 bridgehead atoms. The van der Waals surface area contributed by atoms with E-state index in [0.717, 1.165) is 10.7 Å². The molecule has 0 fully saturated rings. The normalized spacial score (nSPS) is 11.1. The molecule has 1 aromatic heterocycles. The summed E-state index contributed by atoms with van der Waals surface area (Å²) < 4.78 is 48.6. The van der Waals surface area contributed by atoms with E-state index < -0.39 is 17.9 Å². The number of methoxy groups -OCH3 is 2. The zero-order chi connectivity index (χ0) is 18.4. The smallest absolute Gasteiger partial charge is 0.435 e. The van der Waals surface area contributed by atoms with Crippen LogP contribution in [-0.4, -0.2) is 36.6 Å². The second-order valence-corrected chi connectivity index (χ2v) is 4.91. The number of hydrogen-bond donors (Lipinski definition) is 2. The zero-order valence-electron chi connectivity index (χ0n) is 13.6. The lowest BCUT2D eigenvalue weighted by Crippen LogP contribution is -2.31. The maximum absolute atomic E-state index is 12.4. The van der Waals surface area contributed by atoms with Crippen LogP contribution >= 0.6 is 0 Å². The van der Waals surface area contributed by atoms with E-state index in [0.29, 0.717) is 17.2 Å². The molecule has 2 amide bonds. The molecule has 0 atom stereocenters. The average molecular weight is 358 g/mol. The van der Waals surface area contributed by atoms with E-state index >= 15 is 0 Å². The molecule has 0 aliphatic rings. The fraction of sp³-hybridized carbons (Fsp3) is 0.333. The Morgan fingerprint density at radius 1 is 1.20 bits per heavy atom. The minimum Gasteiger partial charge on any atom is -0.493 e. The molecule has 0 aliphatic heterocycles. The van der Waals surface area contributed by atoms with Gasteiger partial charge in [-0.05, 0) is 18.2 Å². The number of urea groups is 1. The summed E-state index contributed by atoms with van der Waals surface area (Å²) in [6.45, 7) is 0.216. The van der Waals surface area contributed by atoms with Gasteiger partial charge in [-0.15, -0.1) is 0 Å². The predicted octanol–water partition coefficient (Wildman–Crippen LogP) is 2.74. The molecule has 0 radical (unpaired) electrons. The quantitative estimate of drug-likeness (QED) is 0.832. The monoisotopic (exact) mass is 358 g/mol. The summed E-state index contributed by atoms with van der Waals surface area (Å²) in [6, 6.07) is 5.22. The van der Waals surface area contributed by atoms with Crippen LogP contribution in [0.25, 0.3) is 0 Å². The first kappa shape index (κ1) is 18.4. The van der Waals surface area contributed by atoms with Crippen LogP contribution in [0.3, 0.4) is 0 Å². The van der Waals surface area contributed by atoms with Gasteiger partial charge in [-0.1, -0.05) is 0 Å². The van der Waals surface area contributed by atoms with Crippen molar-refractivity contribution in [2.24, 2.45) is 0 Å². The standard InChI is InChI=1S/C15H17F3N4O3/c1-24-11-4-3-10(9-12(11)25-2)20-14(23)19-6-8-22-7-5-13(21-22)15(16,17)18/h3-5,7,9H,6,8H2,1-2H3,(H2,19,20,23). The van der Waals surface area contributed by atoms with Crippen molar-refractivity contribution < 1.29 is 27.4 Å². The fourth-order valence-electron chi connectivity index (χ4n) is 2.01. The van der Waals surface area contributed by atoms with Crippen LogP contribution in [0.4, 0.5) is 23.7 Å². The number of hydrogen-bond acceptors (Lipinski definition) is 4. The van der Waals surface area contributed by atoms with Gasteiger partial charge < -0.3 is 20.1 Å². The highest BCUT2D eigenvalue weighted by atomic mass is 19.4. The second-order valence-electron chi connectivity index (χ2n) is 4.91. The van der Waals surface area contributed by atoms with E-state index in [4.69, 9.17) is 9.47 Å². The molecule has 0 spiro atoms. The number of carbonyl (C=O) groups excluding carboxylic acids is 1. The lowest BCUT2D eigenvalue weighted by atomic mass is 10.3. The topological polar surface area (TPSA) is 77.4 Å². The maximum Gasteiger partial charge on any atom is 0.435 e. The number of ether oxygens (including phenoxy) is 2. The van der Waals surface area contributed by atoms with Crippen molar-refractivity contribution in [3.8, 4) is 11.5 Å². The molecule has 1 aromatic carbocycles. The van der Waals surface area contributed by atoms with E-state index in [2.05, 4.69) is 15.7 Å². The number of aromatic nitrogens is 2. The molecule has 0 aliphatic carbocycles. The maximum atomic E-state index is 12.4. The molecule has 0 saturated carbocycles. The summed E-state index contributed by atoms with van der Waals surface area (Å²) in [5, 5.41) is 8.51. The second kappa shape index (κ2) is 7.77. The van der Waals surface area contributed by atoms with Crippen molar-refractivity contribution in [1.82, 2.24) is 15.1 Å². The van der Waals surface area contributed by atoms with Gasteiger partial charge in [0.1, 0.15) is 0 Å². The SMILES string of the molecule is COc1ccc(NC(=O)NCCn2ccc(C(F)(F)F)n2)cc1OC. The van der Waals surface area contributed by atoms with Gasteiger partial charge in [-0.2, -0.15) is 18.3 Å². The Hall–Kier alpha value is -2.91. The Labute approximate surface area is 141 Å². The van der Waals surface area contributed by atoms with Crippen LogP contribution in [0.15, 0.2) is 30.5 Å². The van der Waals surface area contributed by atoms with Gasteiger partial charge >= 0.3 is 12.2 Å². The minimum atomic E-state index is -4.48. The highest BCUT2D eigenvalue weighted by molar-refractivity contribution is 5.89. The number of benzene rings is 1. The lowest BCUT2D eigenvalue weighted by molar-refractivity contribution is -0.141. The van der Waals surface area contributed by atoms with Gasteiger partial charge in [-0.3, -0.25) is 4.68 Å². The fourth-order valence-corrected chi connectivity index (χ4v) is 2.01. The Balaban J connectivity index is 1.84. The lowest BCUT2D eigenvalue weighted by Gasteiger charge is -2.11. The molecule has 25 heavy (non-hydrogen) atoms. The molecule has 2 aromatic rings. The highest BCUT2D eigenvalue weighted by Gasteiger charge is 2.33. The van der Waals surface area contributed by atoms with Crippen LogP contribution in [0.2, 0.25) is 0 Å². The molecule has 2 N–H and O–H groups in total. The van der Waals surface area contributed by atoms with Gasteiger partial charge in [0.2, 0.25) is 0 Å². The summed E-state index contributed by atoms with van der Waals surface area (Å²) in [6.07, 6.45) is -3.28. The molecule has 136 valence electrons. The Morgan fingerprint density at radius 3 is 2.52 bits per heavy atom. The van der Waals surface area contributed by atoms with Gasteiger partial charge in [0.15, 0.2) is 17.2 Å². The number of nitrogens with zero attached hydrogens (tertiary/aromatic N) is 2. The first-order valence-electron chi connectivity index (χ1n) is 7.21. The Bertz CT molecular complexity index is 731. The molecular weight excluding hydrogens is 341 g/mol. The van der Waals surface area contributed by atoms with Crippen molar-refractivity contribution in [2.45, 2.75) is 12.7 Å². The van der Waals surface area contributed by atoms with Crippen LogP contribution in [0.5, 0.6) is 11.5 Å². The molecular formula is C15H17F3N4O3. The van der Waals surface area contributed by atoms with Crippen LogP contribution in [0, 0.1) is 0 Å². The molecule has 2 rings (SSSR count). The summed E-state index contributed by atoms with van der Waals surface area (Å²) >= 11 is 0. The number of halogens is 3. The Morgan fingerprint density at radius 2 is 1.92 bits per heavy atom. The number of alkyl halides is 3. The third kappa shape index (κ3) is 5.03. The van der Waals surface area contributed by atoms with E-state index in [1.54, 1.807) is 18.2 Å². The van der Waals surface area contributed by atoms with Crippen molar-refractivity contribution in [3.63, 3.8) is 0 Å². The summed E-state index contributed by atoms with van der Waals surface area (Å²) in [5.74, 6) is 0.976. The van der Waals surface area contributed by atoms with Crippen LogP contribution in [0.1, 0.15) is 5.69 Å². The van der Waals surface area contributed by atoms with E-state index in [-0.39, 0.29) is 13.1 Å². The molecule has 1 heterocycles. The van der Waals surface area contributed by atoms with E-state index in [1.807, 2.05) is 0 Å². The number of anilines is 1. The summed E-state index contributed by atoms with van der Waals surface area (Å²) in [5.41, 5.74) is -0.490. The summed E-state index contributed by atoms with van der Waals surface area (Å²) in [7, 11) is 2.97. The number of carbonyl (C=O) groups is 1. The van der Waals surface area contributed by atoms with Crippen molar-refractivity contribution in [2.75, 3.05) is 26.1 Å². The first-order chi connectivity index (χ1) is 11.8. The van der Waals surface area contributed by atoms with Gasteiger partial charge in [0.05, 0.1) is 20.8 Å². The van der Waals surface area contributed by atoms with E-state index in [1.165, 1.54) is 20.4 Å². The first-order valence-corrected chi connectivity index (χ1v) is 7.21. The number of amides is 2. The third-order valence-electron chi connectivity index (χ3n) is 3.20. The van der Waals surface area contributed by atoms with Gasteiger partial charge in [-0.25, -0.2) is 4.79 Å². The van der Waals surface area contributed by atoms with Crippen LogP contribution in [-0.2, 0) is 12.7 Å². The molecule has 7 nitrogen and oxygen atoms in total. The largest absolute Gasteiger partial charge is 0.493 e. The summed E-state index contributed by atoms with van der Waals surface area (Å²) in [4.78, 5) is 11.8. The Kier molecular flexibility index (Phi) is 5.73.